The van der Waals surface area contributed by atoms with Crippen molar-refractivity contribution in [3.8, 4) is 5.75 Å². The normalized spacial score (nSPS) is 16.6. The zero-order chi connectivity index (χ0) is 19.8. The van der Waals surface area contributed by atoms with E-state index < -0.39 is 0 Å². The van der Waals surface area contributed by atoms with Crippen LogP contribution in [0.5, 0.6) is 5.75 Å². The van der Waals surface area contributed by atoms with E-state index in [-0.39, 0.29) is 30.5 Å². The summed E-state index contributed by atoms with van der Waals surface area (Å²) in [6, 6.07) is 14.0. The number of nitrogens with zero attached hydrogens (tertiary/aromatic N) is 2. The number of hydrogen-bond donors (Lipinski definition) is 1. The van der Waals surface area contributed by atoms with Crippen LogP contribution >= 0.6 is 12.4 Å². The Kier molecular flexibility index (Phi) is 9.42. The van der Waals surface area contributed by atoms with Gasteiger partial charge in [-0.2, -0.15) is 0 Å². The third-order valence-corrected chi connectivity index (χ3v) is 5.04. The molecule has 5 nitrogen and oxygen atoms in total. The monoisotopic (exact) mass is 417 g/mol. The molecule has 2 heterocycles. The van der Waals surface area contributed by atoms with Crippen molar-refractivity contribution >= 4 is 18.3 Å². The van der Waals surface area contributed by atoms with E-state index in [4.69, 9.17) is 4.74 Å². The molecule has 1 fully saturated rings. The Morgan fingerprint density at radius 3 is 2.72 bits per heavy atom. The predicted molar refractivity (Wildman–Crippen MR) is 118 cm³/mol. The maximum Gasteiger partial charge on any atom is 0.227 e. The van der Waals surface area contributed by atoms with Crippen LogP contribution in [0.2, 0.25) is 0 Å². The molecule has 1 aliphatic heterocycles. The lowest BCUT2D eigenvalue weighted by molar-refractivity contribution is -0.133. The fraction of sp³-hybridized carbons (Fsp3) is 0.478. The second-order valence-electron chi connectivity index (χ2n) is 7.63. The zero-order valence-electron chi connectivity index (χ0n) is 17.3. The summed E-state index contributed by atoms with van der Waals surface area (Å²) in [4.78, 5) is 19.9. The molecule has 158 valence electrons. The number of nitrogens with one attached hydrogen (secondary N) is 1. The van der Waals surface area contributed by atoms with Crippen molar-refractivity contribution in [2.24, 2.45) is 0 Å². The highest BCUT2D eigenvalue weighted by Gasteiger charge is 2.26. The quantitative estimate of drug-likeness (QED) is 0.739. The van der Waals surface area contributed by atoms with E-state index in [9.17, 15) is 4.79 Å². The van der Waals surface area contributed by atoms with Gasteiger partial charge in [0.2, 0.25) is 5.91 Å². The number of carbonyl (C=O) groups is 1. The van der Waals surface area contributed by atoms with E-state index in [1.165, 1.54) is 0 Å². The Hall–Kier alpha value is -2.11. The molecule has 0 radical (unpaired) electrons. The van der Waals surface area contributed by atoms with Gasteiger partial charge < -0.3 is 15.0 Å². The molecule has 0 saturated carbocycles. The van der Waals surface area contributed by atoms with E-state index in [0.717, 1.165) is 49.4 Å². The summed E-state index contributed by atoms with van der Waals surface area (Å²) in [5.41, 5.74) is 1.87. The van der Waals surface area contributed by atoms with Crippen LogP contribution in [0.1, 0.15) is 44.4 Å². The van der Waals surface area contributed by atoms with Gasteiger partial charge in [0.15, 0.2) is 0 Å². The first-order valence-electron chi connectivity index (χ1n) is 10.3. The number of halogens is 1. The van der Waals surface area contributed by atoms with Crippen molar-refractivity contribution in [3.63, 3.8) is 0 Å². The Labute approximate surface area is 180 Å². The summed E-state index contributed by atoms with van der Waals surface area (Å²) in [6.45, 7) is 6.53. The average Bonchev–Trinajstić information content (AvgIpc) is 2.97. The maximum atomic E-state index is 13.4. The molecular formula is C23H32ClN3O2. The highest BCUT2D eigenvalue weighted by molar-refractivity contribution is 5.85. The molecule has 1 amide bonds. The van der Waals surface area contributed by atoms with Gasteiger partial charge in [-0.25, -0.2) is 0 Å². The summed E-state index contributed by atoms with van der Waals surface area (Å²) >= 11 is 0. The van der Waals surface area contributed by atoms with Gasteiger partial charge in [0.25, 0.3) is 0 Å². The minimum atomic E-state index is 0. The van der Waals surface area contributed by atoms with Gasteiger partial charge in [-0.15, -0.1) is 12.4 Å². The summed E-state index contributed by atoms with van der Waals surface area (Å²) in [5.74, 6) is 0.934. The molecule has 2 aromatic rings. The number of rotatable bonds is 7. The standard InChI is InChI=1S/C23H31N3O2.ClH/c1-18(2)28-22-11-4-3-8-19(22)16-23(27)26(17-20-9-5-6-14-25-20)21-10-7-13-24-15-12-21;/h3-6,8-9,11,14,18,21,24H,7,10,12-13,15-17H2,1-2H3;1H. The van der Waals surface area contributed by atoms with Crippen molar-refractivity contribution in [3.05, 3.63) is 59.9 Å². The van der Waals surface area contributed by atoms with Crippen molar-refractivity contribution in [2.75, 3.05) is 13.1 Å². The average molecular weight is 418 g/mol. The molecule has 1 aliphatic rings. The summed E-state index contributed by atoms with van der Waals surface area (Å²) in [5, 5.41) is 3.44. The molecule has 0 aliphatic carbocycles. The van der Waals surface area contributed by atoms with Gasteiger partial charge in [-0.1, -0.05) is 24.3 Å². The minimum Gasteiger partial charge on any atom is -0.491 e. The van der Waals surface area contributed by atoms with Crippen LogP contribution in [0.3, 0.4) is 0 Å². The summed E-state index contributed by atoms with van der Waals surface area (Å²) in [6.07, 6.45) is 5.30. The molecular weight excluding hydrogens is 386 g/mol. The fourth-order valence-corrected chi connectivity index (χ4v) is 3.68. The Morgan fingerprint density at radius 2 is 1.97 bits per heavy atom. The third kappa shape index (κ3) is 7.02. The Bertz CT molecular complexity index is 747. The molecule has 29 heavy (non-hydrogen) atoms. The molecule has 1 N–H and O–H groups in total. The van der Waals surface area contributed by atoms with Crippen LogP contribution in [0.4, 0.5) is 0 Å². The van der Waals surface area contributed by atoms with E-state index >= 15 is 0 Å². The second-order valence-corrected chi connectivity index (χ2v) is 7.63. The number of para-hydroxylation sites is 1. The number of pyridine rings is 1. The van der Waals surface area contributed by atoms with Gasteiger partial charge in [0.05, 0.1) is 24.8 Å². The second kappa shape index (κ2) is 11.8. The van der Waals surface area contributed by atoms with E-state index in [1.807, 2.05) is 61.2 Å². The molecule has 1 aromatic carbocycles. The van der Waals surface area contributed by atoms with Crippen molar-refractivity contribution in [2.45, 2.75) is 58.2 Å². The number of carbonyl (C=O) groups excluding carboxylic acids is 1. The summed E-state index contributed by atoms with van der Waals surface area (Å²) in [7, 11) is 0. The fourth-order valence-electron chi connectivity index (χ4n) is 3.68. The number of aromatic nitrogens is 1. The molecule has 0 bridgehead atoms. The first kappa shape index (κ1) is 23.2. The van der Waals surface area contributed by atoms with Gasteiger partial charge in [-0.05, 0) is 64.4 Å². The first-order valence-corrected chi connectivity index (χ1v) is 10.3. The van der Waals surface area contributed by atoms with E-state index in [1.54, 1.807) is 6.20 Å². The van der Waals surface area contributed by atoms with Crippen LogP contribution in [0.15, 0.2) is 48.7 Å². The SMILES string of the molecule is CC(C)Oc1ccccc1CC(=O)N(Cc1ccccn1)C1CCCNCC1.Cl. The van der Waals surface area contributed by atoms with E-state index in [2.05, 4.69) is 10.3 Å². The van der Waals surface area contributed by atoms with E-state index in [0.29, 0.717) is 13.0 Å². The van der Waals surface area contributed by atoms with Crippen LogP contribution < -0.4 is 10.1 Å². The number of benzene rings is 1. The largest absolute Gasteiger partial charge is 0.491 e. The van der Waals surface area contributed by atoms with Gasteiger partial charge in [0.1, 0.15) is 5.75 Å². The number of hydrogen-bond acceptors (Lipinski definition) is 4. The lowest BCUT2D eigenvalue weighted by Crippen LogP contribution is -2.41. The summed E-state index contributed by atoms with van der Waals surface area (Å²) < 4.78 is 5.92. The molecule has 1 unspecified atom stereocenters. The highest BCUT2D eigenvalue weighted by Crippen LogP contribution is 2.23. The van der Waals surface area contributed by atoms with Crippen LogP contribution in [0, 0.1) is 0 Å². The van der Waals surface area contributed by atoms with Crippen molar-refractivity contribution < 1.29 is 9.53 Å². The lowest BCUT2D eigenvalue weighted by Gasteiger charge is -2.31. The topological polar surface area (TPSA) is 54.5 Å². The first-order chi connectivity index (χ1) is 13.6. The van der Waals surface area contributed by atoms with Crippen molar-refractivity contribution in [1.29, 1.82) is 0 Å². The Balaban J connectivity index is 0.00000300. The molecule has 1 atom stereocenters. The maximum absolute atomic E-state index is 13.4. The smallest absolute Gasteiger partial charge is 0.227 e. The highest BCUT2D eigenvalue weighted by atomic mass is 35.5. The Morgan fingerprint density at radius 1 is 1.17 bits per heavy atom. The van der Waals surface area contributed by atoms with Crippen LogP contribution in [-0.2, 0) is 17.8 Å². The molecule has 1 aromatic heterocycles. The van der Waals surface area contributed by atoms with Crippen molar-refractivity contribution in [1.82, 2.24) is 15.2 Å². The van der Waals surface area contributed by atoms with Gasteiger partial charge >= 0.3 is 0 Å². The van der Waals surface area contributed by atoms with Crippen LogP contribution in [0.25, 0.3) is 0 Å². The number of ether oxygens (including phenoxy) is 1. The molecule has 1 saturated heterocycles. The van der Waals surface area contributed by atoms with Gasteiger partial charge in [-0.3, -0.25) is 9.78 Å². The predicted octanol–water partition coefficient (Wildman–Crippen LogP) is 4.00. The van der Waals surface area contributed by atoms with Gasteiger partial charge in [0, 0.05) is 17.8 Å². The molecule has 0 spiro atoms. The minimum absolute atomic E-state index is 0. The molecule has 3 rings (SSSR count). The number of amides is 1. The lowest BCUT2D eigenvalue weighted by atomic mass is 10.0. The molecule has 6 heteroatoms. The zero-order valence-corrected chi connectivity index (χ0v) is 18.2. The third-order valence-electron chi connectivity index (χ3n) is 5.04. The van der Waals surface area contributed by atoms with Crippen LogP contribution in [-0.4, -0.2) is 41.0 Å².